The molecule has 0 saturated heterocycles. The van der Waals surface area contributed by atoms with Crippen LogP contribution in [-0.4, -0.2) is 63.0 Å². The zero-order valence-electron chi connectivity index (χ0n) is 16.7. The van der Waals surface area contributed by atoms with Gasteiger partial charge in [0.1, 0.15) is 24.4 Å². The van der Waals surface area contributed by atoms with E-state index in [0.717, 1.165) is 19.3 Å². The molecule has 160 valence electrons. The van der Waals surface area contributed by atoms with E-state index in [9.17, 15) is 24.9 Å². The summed E-state index contributed by atoms with van der Waals surface area (Å²) in [5.74, 6) is -1.64. The minimum atomic E-state index is -1.80. The van der Waals surface area contributed by atoms with Gasteiger partial charge in [0.2, 0.25) is 5.78 Å². The molecule has 0 unspecified atom stereocenters. The van der Waals surface area contributed by atoms with E-state index >= 15 is 0 Å². The van der Waals surface area contributed by atoms with Gasteiger partial charge in [-0.25, -0.2) is 0 Å². The molecule has 0 aliphatic rings. The normalized spacial score (nSPS) is 15.9. The zero-order valence-corrected chi connectivity index (χ0v) is 16.7. The van der Waals surface area contributed by atoms with Gasteiger partial charge in [0.25, 0.3) is 0 Å². The van der Waals surface area contributed by atoms with E-state index in [2.05, 4.69) is 6.92 Å². The van der Waals surface area contributed by atoms with Crippen LogP contribution in [0, 0.1) is 0 Å². The third-order valence-corrected chi connectivity index (χ3v) is 4.88. The molecule has 27 heavy (non-hydrogen) atoms. The van der Waals surface area contributed by atoms with Crippen LogP contribution in [0.5, 0.6) is 0 Å². The highest BCUT2D eigenvalue weighted by Crippen LogP contribution is 2.12. The highest BCUT2D eigenvalue weighted by molar-refractivity contribution is 6.39. The van der Waals surface area contributed by atoms with Crippen LogP contribution in [0.25, 0.3) is 0 Å². The molecule has 6 N–H and O–H groups in total. The van der Waals surface area contributed by atoms with Gasteiger partial charge in [0.15, 0.2) is 5.78 Å². The Hall–Kier alpha value is -0.860. The summed E-state index contributed by atoms with van der Waals surface area (Å²) in [6, 6.07) is -1.61. The molecule has 0 bridgehead atoms. The van der Waals surface area contributed by atoms with E-state index in [4.69, 9.17) is 10.8 Å². The van der Waals surface area contributed by atoms with Crippen LogP contribution in [0.4, 0.5) is 0 Å². The number of ketones is 2. The van der Waals surface area contributed by atoms with Crippen molar-refractivity contribution in [1.82, 2.24) is 0 Å². The number of unbranched alkanes of at least 4 members (excludes halogenated alkanes) is 10. The predicted octanol–water partition coefficient (Wildman–Crippen LogP) is 1.23. The molecule has 0 aromatic heterocycles. The Morgan fingerprint density at radius 1 is 0.778 bits per heavy atom. The maximum atomic E-state index is 11.9. The number of hydrogen-bond donors (Lipinski definition) is 5. The van der Waals surface area contributed by atoms with E-state index in [0.29, 0.717) is 6.42 Å². The van der Waals surface area contributed by atoms with Crippen molar-refractivity contribution in [3.63, 3.8) is 0 Å². The molecule has 0 fully saturated rings. The highest BCUT2D eigenvalue weighted by atomic mass is 16.4. The quantitative estimate of drug-likeness (QED) is 0.175. The van der Waals surface area contributed by atoms with Crippen LogP contribution < -0.4 is 5.73 Å². The SMILES string of the molecule is CCCCCCCCCCCCCC(=O)C(=O)[C@H](N)[C@@H](O)[C@H](O)[C@H](O)CO. The number of nitrogens with two attached hydrogens (primary N) is 1. The van der Waals surface area contributed by atoms with Gasteiger partial charge in [0, 0.05) is 6.42 Å². The Labute approximate surface area is 163 Å². The summed E-state index contributed by atoms with van der Waals surface area (Å²) in [5, 5.41) is 37.3. The Kier molecular flexibility index (Phi) is 15.6. The Bertz CT molecular complexity index is 404. The highest BCUT2D eigenvalue weighted by Gasteiger charge is 2.35. The number of aliphatic hydroxyl groups is 4. The van der Waals surface area contributed by atoms with Gasteiger partial charge in [-0.2, -0.15) is 0 Å². The topological polar surface area (TPSA) is 141 Å². The van der Waals surface area contributed by atoms with E-state index < -0.39 is 42.5 Å². The average Bonchev–Trinajstić information content (AvgIpc) is 2.68. The van der Waals surface area contributed by atoms with Gasteiger partial charge < -0.3 is 26.2 Å². The van der Waals surface area contributed by atoms with Crippen molar-refractivity contribution in [2.45, 2.75) is 108 Å². The second-order valence-electron chi connectivity index (χ2n) is 7.33. The molecular formula is C20H39NO6. The molecule has 7 nitrogen and oxygen atoms in total. The second-order valence-corrected chi connectivity index (χ2v) is 7.33. The van der Waals surface area contributed by atoms with E-state index in [1.54, 1.807) is 0 Å². The van der Waals surface area contributed by atoms with E-state index in [1.807, 2.05) is 0 Å². The smallest absolute Gasteiger partial charge is 0.217 e. The lowest BCUT2D eigenvalue weighted by atomic mass is 9.95. The fourth-order valence-corrected chi connectivity index (χ4v) is 2.96. The zero-order chi connectivity index (χ0) is 20.7. The first-order valence-corrected chi connectivity index (χ1v) is 10.3. The van der Waals surface area contributed by atoms with Crippen molar-refractivity contribution < 1.29 is 30.0 Å². The molecule has 0 aliphatic carbocycles. The molecule has 4 atom stereocenters. The summed E-state index contributed by atoms with van der Waals surface area (Å²) in [5.41, 5.74) is 5.51. The lowest BCUT2D eigenvalue weighted by Gasteiger charge is -2.25. The van der Waals surface area contributed by atoms with Crippen molar-refractivity contribution in [3.8, 4) is 0 Å². The summed E-state index contributed by atoms with van der Waals surface area (Å²) < 4.78 is 0. The first kappa shape index (κ1) is 26.1. The van der Waals surface area contributed by atoms with Crippen molar-refractivity contribution in [2.75, 3.05) is 6.61 Å². The maximum absolute atomic E-state index is 11.9. The third-order valence-electron chi connectivity index (χ3n) is 4.88. The molecule has 0 spiro atoms. The molecule has 0 heterocycles. The number of rotatable bonds is 18. The van der Waals surface area contributed by atoms with Crippen LogP contribution >= 0.6 is 0 Å². The third kappa shape index (κ3) is 11.5. The molecule has 0 saturated carbocycles. The maximum Gasteiger partial charge on any atom is 0.217 e. The molecular weight excluding hydrogens is 350 g/mol. The van der Waals surface area contributed by atoms with Gasteiger partial charge in [-0.1, -0.05) is 71.1 Å². The molecule has 0 aromatic rings. The van der Waals surface area contributed by atoms with Crippen LogP contribution in [0.15, 0.2) is 0 Å². The number of hydrogen-bond acceptors (Lipinski definition) is 7. The largest absolute Gasteiger partial charge is 0.394 e. The molecule has 0 radical (unpaired) electrons. The minimum absolute atomic E-state index is 0.0644. The first-order valence-electron chi connectivity index (χ1n) is 10.3. The second kappa shape index (κ2) is 16.1. The van der Waals surface area contributed by atoms with Crippen molar-refractivity contribution in [1.29, 1.82) is 0 Å². The van der Waals surface area contributed by atoms with Crippen LogP contribution in [0.2, 0.25) is 0 Å². The van der Waals surface area contributed by atoms with Crippen LogP contribution in [-0.2, 0) is 9.59 Å². The average molecular weight is 390 g/mol. The first-order chi connectivity index (χ1) is 12.9. The molecule has 7 heteroatoms. The van der Waals surface area contributed by atoms with Crippen molar-refractivity contribution in [2.24, 2.45) is 5.73 Å². The standard InChI is InChI=1S/C20H39NO6/c1-2-3-4-5-6-7-8-9-10-11-12-13-15(23)18(25)17(21)20(27)19(26)16(24)14-22/h16-17,19-20,22,24,26-27H,2-14,21H2,1H3/t16-,17+,19-,20-/m1/s1. The molecule has 0 amide bonds. The summed E-state index contributed by atoms with van der Waals surface area (Å²) in [6.45, 7) is 1.42. The van der Waals surface area contributed by atoms with Gasteiger partial charge in [-0.3, -0.25) is 9.59 Å². The summed E-state index contributed by atoms with van der Waals surface area (Å²) in [4.78, 5) is 23.8. The summed E-state index contributed by atoms with van der Waals surface area (Å²) >= 11 is 0. The Morgan fingerprint density at radius 3 is 1.67 bits per heavy atom. The summed E-state index contributed by atoms with van der Waals surface area (Å²) in [7, 11) is 0. The van der Waals surface area contributed by atoms with E-state index in [-0.39, 0.29) is 6.42 Å². The summed E-state index contributed by atoms with van der Waals surface area (Å²) in [6.07, 6.45) is 7.36. The number of Topliss-reactive ketones (excluding diaryl/α,β-unsaturated/α-hetero) is 2. The fraction of sp³-hybridized carbons (Fsp3) is 0.900. The number of aliphatic hydroxyl groups excluding tert-OH is 4. The lowest BCUT2D eigenvalue weighted by molar-refractivity contribution is -0.142. The Morgan fingerprint density at radius 2 is 1.22 bits per heavy atom. The monoisotopic (exact) mass is 389 g/mol. The van der Waals surface area contributed by atoms with Gasteiger partial charge in [0.05, 0.1) is 6.61 Å². The number of carbonyl (C=O) groups is 2. The fourth-order valence-electron chi connectivity index (χ4n) is 2.96. The molecule has 0 aromatic carbocycles. The van der Waals surface area contributed by atoms with Gasteiger partial charge in [-0.15, -0.1) is 0 Å². The van der Waals surface area contributed by atoms with Crippen molar-refractivity contribution >= 4 is 11.6 Å². The van der Waals surface area contributed by atoms with Crippen molar-refractivity contribution in [3.05, 3.63) is 0 Å². The van der Waals surface area contributed by atoms with Crippen LogP contribution in [0.3, 0.4) is 0 Å². The molecule has 0 aliphatic heterocycles. The number of carbonyl (C=O) groups excluding carboxylic acids is 2. The molecule has 0 rings (SSSR count). The van der Waals surface area contributed by atoms with Gasteiger partial charge >= 0.3 is 0 Å². The van der Waals surface area contributed by atoms with Gasteiger partial charge in [-0.05, 0) is 6.42 Å². The Balaban J connectivity index is 3.84. The predicted molar refractivity (Wildman–Crippen MR) is 104 cm³/mol. The lowest BCUT2D eigenvalue weighted by Crippen LogP contribution is -2.54. The minimum Gasteiger partial charge on any atom is -0.394 e. The van der Waals surface area contributed by atoms with E-state index in [1.165, 1.54) is 44.9 Å². The van der Waals surface area contributed by atoms with Crippen LogP contribution in [0.1, 0.15) is 84.0 Å².